The van der Waals surface area contributed by atoms with Gasteiger partial charge in [-0.05, 0) is 56.8 Å². The first-order valence-electron chi connectivity index (χ1n) is 12.8. The van der Waals surface area contributed by atoms with Crippen LogP contribution in [0.2, 0.25) is 0 Å². The molecular formula is C28H30F3N5O5. The number of carbonyl (C=O) groups is 2. The quantitative estimate of drug-likeness (QED) is 0.330. The summed E-state index contributed by atoms with van der Waals surface area (Å²) in [6.45, 7) is 1.53. The highest BCUT2D eigenvalue weighted by atomic mass is 19.4. The number of amides is 1. The second-order valence-electron chi connectivity index (χ2n) is 9.60. The summed E-state index contributed by atoms with van der Waals surface area (Å²) in [5.74, 6) is -1.12. The lowest BCUT2D eigenvalue weighted by Gasteiger charge is -2.23. The van der Waals surface area contributed by atoms with Gasteiger partial charge < -0.3 is 29.7 Å². The van der Waals surface area contributed by atoms with Crippen molar-refractivity contribution >= 4 is 23.8 Å². The summed E-state index contributed by atoms with van der Waals surface area (Å²) in [5.41, 5.74) is 0.121. The Labute approximate surface area is 234 Å². The minimum absolute atomic E-state index is 0.00215. The maximum Gasteiger partial charge on any atom is 0.423 e. The highest BCUT2D eigenvalue weighted by molar-refractivity contribution is 5.95. The van der Waals surface area contributed by atoms with Crippen LogP contribution >= 0.6 is 0 Å². The minimum atomic E-state index is -4.83. The first kappa shape index (κ1) is 29.7. The topological polar surface area (TPSA) is 115 Å². The zero-order valence-electron chi connectivity index (χ0n) is 22.7. The van der Waals surface area contributed by atoms with Crippen LogP contribution in [0.4, 0.5) is 24.8 Å². The van der Waals surface area contributed by atoms with Crippen molar-refractivity contribution in [2.45, 2.75) is 31.6 Å². The van der Waals surface area contributed by atoms with Crippen LogP contribution in [0.25, 0.3) is 0 Å². The Morgan fingerprint density at radius 3 is 2.59 bits per heavy atom. The molecule has 0 spiro atoms. The maximum atomic E-state index is 13.8. The normalized spacial score (nSPS) is 14.0. The maximum absolute atomic E-state index is 13.8. The van der Waals surface area contributed by atoms with E-state index >= 15 is 0 Å². The number of nitrogens with one attached hydrogen (secondary N) is 2. The van der Waals surface area contributed by atoms with E-state index in [0.29, 0.717) is 61.9 Å². The fourth-order valence-corrected chi connectivity index (χ4v) is 4.26. The number of benzene rings is 2. The average molecular weight is 574 g/mol. The Balaban J connectivity index is 1.61. The van der Waals surface area contributed by atoms with Gasteiger partial charge in [-0.1, -0.05) is 12.1 Å². The van der Waals surface area contributed by atoms with Crippen molar-refractivity contribution in [3.05, 3.63) is 64.8 Å². The van der Waals surface area contributed by atoms with Gasteiger partial charge in [-0.15, -0.1) is 0 Å². The lowest BCUT2D eigenvalue weighted by atomic mass is 10.1. The predicted octanol–water partition coefficient (Wildman–Crippen LogP) is 4.82. The Bertz CT molecular complexity index is 1390. The van der Waals surface area contributed by atoms with Crippen molar-refractivity contribution in [1.82, 2.24) is 20.2 Å². The second kappa shape index (κ2) is 13.0. The van der Waals surface area contributed by atoms with Crippen LogP contribution in [0, 0.1) is 0 Å². The van der Waals surface area contributed by atoms with Crippen molar-refractivity contribution in [2.24, 2.45) is 0 Å². The monoisotopic (exact) mass is 573 g/mol. The molecular weight excluding hydrogens is 543 g/mol. The molecule has 1 aromatic heterocycles. The van der Waals surface area contributed by atoms with Gasteiger partial charge in [0.05, 0.1) is 18.4 Å². The highest BCUT2D eigenvalue weighted by Gasteiger charge is 2.37. The lowest BCUT2D eigenvalue weighted by molar-refractivity contribution is -0.139. The molecule has 218 valence electrons. The molecule has 41 heavy (non-hydrogen) atoms. The summed E-state index contributed by atoms with van der Waals surface area (Å²) >= 11 is 0. The fraction of sp³-hybridized carbons (Fsp3) is 0.357. The number of hydrogen-bond donors (Lipinski definition) is 2. The van der Waals surface area contributed by atoms with Crippen LogP contribution < -0.4 is 20.1 Å². The summed E-state index contributed by atoms with van der Waals surface area (Å²) in [6.07, 6.45) is -2.27. The van der Waals surface area contributed by atoms with E-state index in [9.17, 15) is 22.8 Å². The first-order valence-corrected chi connectivity index (χ1v) is 12.8. The average Bonchev–Trinajstić information content (AvgIpc) is 2.93. The molecule has 3 aromatic rings. The molecule has 2 N–H and O–H groups in total. The zero-order chi connectivity index (χ0) is 29.6. The number of aromatic nitrogens is 2. The largest absolute Gasteiger partial charge is 0.495 e. The molecule has 0 saturated carbocycles. The van der Waals surface area contributed by atoms with Gasteiger partial charge in [0.25, 0.3) is 5.91 Å². The van der Waals surface area contributed by atoms with E-state index in [-0.39, 0.29) is 35.0 Å². The molecule has 1 fully saturated rings. The summed E-state index contributed by atoms with van der Waals surface area (Å²) < 4.78 is 57.8. The van der Waals surface area contributed by atoms with Crippen molar-refractivity contribution in [2.75, 3.05) is 39.7 Å². The molecule has 13 heteroatoms. The van der Waals surface area contributed by atoms with Gasteiger partial charge in [-0.2, -0.15) is 18.2 Å². The Hall–Kier alpha value is -4.23. The van der Waals surface area contributed by atoms with Crippen molar-refractivity contribution in [3.8, 4) is 17.4 Å². The molecule has 10 nitrogen and oxygen atoms in total. The molecule has 0 aliphatic carbocycles. The van der Waals surface area contributed by atoms with Gasteiger partial charge in [-0.25, -0.2) is 4.98 Å². The van der Waals surface area contributed by atoms with E-state index in [2.05, 4.69) is 20.6 Å². The standard InChI is InChI=1S/C28H30F3N5O5/c1-36(2)15-18-5-4-6-23(20(18)16-37)41-26-21(28(29,30)31)14-32-27(35-26)34-22-8-7-17(13-24(22)39-3)25(38)33-19-9-11-40-12-10-19/h4-8,13-14,16,19H,9-12,15H2,1-3H3,(H,33,38)(H,32,34,35). The van der Waals surface area contributed by atoms with Crippen LogP contribution in [0.5, 0.6) is 17.4 Å². The van der Waals surface area contributed by atoms with Crippen LogP contribution in [-0.2, 0) is 17.5 Å². The molecule has 0 radical (unpaired) electrons. The van der Waals surface area contributed by atoms with Gasteiger partial charge >= 0.3 is 6.18 Å². The predicted molar refractivity (Wildman–Crippen MR) is 144 cm³/mol. The molecule has 2 aromatic carbocycles. The third-order valence-electron chi connectivity index (χ3n) is 6.29. The molecule has 2 heterocycles. The van der Waals surface area contributed by atoms with E-state index in [1.807, 2.05) is 4.90 Å². The van der Waals surface area contributed by atoms with Crippen molar-refractivity contribution in [1.29, 1.82) is 0 Å². The SMILES string of the molecule is COc1cc(C(=O)NC2CCOCC2)ccc1Nc1ncc(C(F)(F)F)c(Oc2cccc(CN(C)C)c2C=O)n1. The van der Waals surface area contributed by atoms with Crippen molar-refractivity contribution in [3.63, 3.8) is 0 Å². The Morgan fingerprint density at radius 1 is 1.17 bits per heavy atom. The molecule has 1 saturated heterocycles. The number of nitrogens with zero attached hydrogens (tertiary/aromatic N) is 3. The number of ether oxygens (including phenoxy) is 3. The van der Waals surface area contributed by atoms with E-state index in [4.69, 9.17) is 14.2 Å². The first-order chi connectivity index (χ1) is 19.6. The van der Waals surface area contributed by atoms with Gasteiger partial charge in [-0.3, -0.25) is 9.59 Å². The number of aldehydes is 1. The van der Waals surface area contributed by atoms with Gasteiger partial charge in [0.2, 0.25) is 11.8 Å². The van der Waals surface area contributed by atoms with Gasteiger partial charge in [0.15, 0.2) is 6.29 Å². The van der Waals surface area contributed by atoms with Crippen LogP contribution in [0.1, 0.15) is 44.7 Å². The third-order valence-corrected chi connectivity index (χ3v) is 6.29. The summed E-state index contributed by atoms with van der Waals surface area (Å²) in [6, 6.07) is 9.26. The molecule has 4 rings (SSSR count). The summed E-state index contributed by atoms with van der Waals surface area (Å²) in [5, 5.41) is 5.78. The van der Waals surface area contributed by atoms with Crippen LogP contribution in [0.3, 0.4) is 0 Å². The number of hydrogen-bond acceptors (Lipinski definition) is 9. The third kappa shape index (κ3) is 7.50. The fourth-order valence-electron chi connectivity index (χ4n) is 4.26. The number of halogens is 3. The summed E-state index contributed by atoms with van der Waals surface area (Å²) in [7, 11) is 4.99. The number of anilines is 2. The molecule has 0 unspecified atom stereocenters. The molecule has 0 atom stereocenters. The number of methoxy groups -OCH3 is 1. The van der Waals surface area contributed by atoms with E-state index in [0.717, 1.165) is 0 Å². The van der Waals surface area contributed by atoms with E-state index in [1.165, 1.54) is 25.3 Å². The molecule has 1 aliphatic heterocycles. The number of alkyl halides is 3. The molecule has 0 bridgehead atoms. The van der Waals surface area contributed by atoms with Gasteiger partial charge in [0.1, 0.15) is 17.1 Å². The smallest absolute Gasteiger partial charge is 0.423 e. The molecule has 1 aliphatic rings. The number of rotatable bonds is 10. The summed E-state index contributed by atoms with van der Waals surface area (Å²) in [4.78, 5) is 34.2. The Kier molecular flexibility index (Phi) is 9.40. The van der Waals surface area contributed by atoms with E-state index < -0.39 is 17.6 Å². The molecule has 1 amide bonds. The van der Waals surface area contributed by atoms with E-state index in [1.54, 1.807) is 32.3 Å². The minimum Gasteiger partial charge on any atom is -0.495 e. The van der Waals surface area contributed by atoms with Crippen LogP contribution in [-0.4, -0.2) is 67.5 Å². The highest BCUT2D eigenvalue weighted by Crippen LogP contribution is 2.38. The lowest BCUT2D eigenvalue weighted by Crippen LogP contribution is -2.38. The Morgan fingerprint density at radius 2 is 1.93 bits per heavy atom. The zero-order valence-corrected chi connectivity index (χ0v) is 22.7. The van der Waals surface area contributed by atoms with Crippen molar-refractivity contribution < 1.29 is 37.0 Å². The second-order valence-corrected chi connectivity index (χ2v) is 9.60. The van der Waals surface area contributed by atoms with Crippen LogP contribution in [0.15, 0.2) is 42.6 Å². The number of carbonyl (C=O) groups excluding carboxylic acids is 2. The van der Waals surface area contributed by atoms with Gasteiger partial charge in [0, 0.05) is 37.6 Å².